The quantitative estimate of drug-likeness (QED) is 0.830. The maximum Gasteiger partial charge on any atom is 0.407 e. The fourth-order valence-electron chi connectivity index (χ4n) is 2.20. The van der Waals surface area contributed by atoms with E-state index < -0.39 is 17.7 Å². The van der Waals surface area contributed by atoms with E-state index in [1.165, 1.54) is 7.11 Å². The smallest absolute Gasteiger partial charge is 0.407 e. The monoisotopic (exact) mass is 326 g/mol. The summed E-state index contributed by atoms with van der Waals surface area (Å²) < 4.78 is 15.0. The van der Waals surface area contributed by atoms with Crippen LogP contribution in [0.4, 0.5) is 10.8 Å². The Morgan fingerprint density at radius 3 is 2.48 bits per heavy atom. The molecule has 128 valence electrons. The Bertz CT molecular complexity index is 558. The second-order valence-corrected chi connectivity index (χ2v) is 6.29. The first kappa shape index (κ1) is 17.0. The van der Waals surface area contributed by atoms with Gasteiger partial charge in [-0.1, -0.05) is 10.2 Å². The first-order valence-electron chi connectivity index (χ1n) is 7.45. The van der Waals surface area contributed by atoms with Gasteiger partial charge in [0.25, 0.3) is 0 Å². The number of rotatable bonds is 3. The summed E-state index contributed by atoms with van der Waals surface area (Å²) in [6.07, 6.45) is 1.02. The van der Waals surface area contributed by atoms with Crippen LogP contribution in [0, 0.1) is 0 Å². The van der Waals surface area contributed by atoms with Crippen LogP contribution in [0.2, 0.25) is 0 Å². The highest BCUT2D eigenvalue weighted by atomic mass is 16.6. The minimum absolute atomic E-state index is 0.0316. The van der Waals surface area contributed by atoms with Gasteiger partial charge < -0.3 is 24.1 Å². The highest BCUT2D eigenvalue weighted by molar-refractivity contribution is 5.84. The first-order chi connectivity index (χ1) is 10.8. The number of piperidine rings is 1. The number of aromatic nitrogens is 2. The Hall–Kier alpha value is -2.32. The lowest BCUT2D eigenvalue weighted by Gasteiger charge is -2.31. The molecule has 1 N–H and O–H groups in total. The van der Waals surface area contributed by atoms with Crippen LogP contribution >= 0.6 is 0 Å². The number of alkyl carbamates (subject to hydrolysis) is 1. The Labute approximate surface area is 134 Å². The van der Waals surface area contributed by atoms with Crippen molar-refractivity contribution < 1.29 is 23.5 Å². The average Bonchev–Trinajstić information content (AvgIpc) is 2.95. The topological polar surface area (TPSA) is 107 Å². The van der Waals surface area contributed by atoms with E-state index >= 15 is 0 Å². The van der Waals surface area contributed by atoms with Crippen molar-refractivity contribution in [3.05, 3.63) is 5.89 Å². The van der Waals surface area contributed by atoms with E-state index in [9.17, 15) is 9.59 Å². The van der Waals surface area contributed by atoms with Crippen LogP contribution in [0.15, 0.2) is 4.42 Å². The molecule has 0 aromatic carbocycles. The molecule has 1 aliphatic rings. The average molecular weight is 326 g/mol. The van der Waals surface area contributed by atoms with Crippen molar-refractivity contribution in [2.75, 3.05) is 25.1 Å². The molecule has 1 aromatic heterocycles. The lowest BCUT2D eigenvalue weighted by molar-refractivity contribution is 0.0494. The predicted molar refractivity (Wildman–Crippen MR) is 80.2 cm³/mol. The number of methoxy groups -OCH3 is 1. The Kier molecular flexibility index (Phi) is 5.07. The maximum absolute atomic E-state index is 11.8. The van der Waals surface area contributed by atoms with E-state index in [4.69, 9.17) is 9.15 Å². The summed E-state index contributed by atoms with van der Waals surface area (Å²) >= 11 is 0. The summed E-state index contributed by atoms with van der Waals surface area (Å²) in [5, 5.41) is 10.3. The number of esters is 1. The third-order valence-corrected chi connectivity index (χ3v) is 3.26. The van der Waals surface area contributed by atoms with Crippen molar-refractivity contribution in [2.24, 2.45) is 0 Å². The van der Waals surface area contributed by atoms with E-state index in [-0.39, 0.29) is 17.9 Å². The molecule has 1 amide bonds. The molecule has 0 spiro atoms. The number of carbonyl (C=O) groups excluding carboxylic acids is 2. The standard InChI is InChI=1S/C14H22N4O5/c1-14(2,3)23-13(20)15-9-5-7-18(8-6-9)12-17-16-10(22-12)11(19)21-4/h9H,5-8H2,1-4H3,(H,15,20). The molecule has 9 heteroatoms. The molecule has 2 heterocycles. The van der Waals surface area contributed by atoms with Crippen molar-refractivity contribution >= 4 is 18.1 Å². The molecule has 0 aliphatic carbocycles. The lowest BCUT2D eigenvalue weighted by Crippen LogP contribution is -2.46. The number of anilines is 1. The summed E-state index contributed by atoms with van der Waals surface area (Å²) in [6, 6.07) is 0.310. The van der Waals surface area contributed by atoms with Crippen molar-refractivity contribution in [3.8, 4) is 0 Å². The molecule has 1 aromatic rings. The molecule has 0 unspecified atom stereocenters. The molecular formula is C14H22N4O5. The van der Waals surface area contributed by atoms with Crippen LogP contribution in [0.5, 0.6) is 0 Å². The van der Waals surface area contributed by atoms with Crippen LogP contribution in [0.3, 0.4) is 0 Å². The van der Waals surface area contributed by atoms with Crippen LogP contribution < -0.4 is 10.2 Å². The van der Waals surface area contributed by atoms with Crippen LogP contribution in [-0.4, -0.2) is 54.1 Å². The molecule has 1 saturated heterocycles. The fourth-order valence-corrected chi connectivity index (χ4v) is 2.20. The zero-order valence-corrected chi connectivity index (χ0v) is 13.8. The third kappa shape index (κ3) is 4.83. The van der Waals surface area contributed by atoms with Crippen molar-refractivity contribution in [2.45, 2.75) is 45.3 Å². The van der Waals surface area contributed by atoms with Gasteiger partial charge in [-0.3, -0.25) is 0 Å². The first-order valence-corrected chi connectivity index (χ1v) is 7.45. The van der Waals surface area contributed by atoms with Gasteiger partial charge in [-0.2, -0.15) is 0 Å². The van der Waals surface area contributed by atoms with Crippen LogP contribution in [-0.2, 0) is 9.47 Å². The number of hydrogen-bond acceptors (Lipinski definition) is 8. The second kappa shape index (κ2) is 6.84. The number of nitrogens with zero attached hydrogens (tertiary/aromatic N) is 3. The minimum Gasteiger partial charge on any atom is -0.462 e. The van der Waals surface area contributed by atoms with E-state index in [1.54, 1.807) is 0 Å². The van der Waals surface area contributed by atoms with Gasteiger partial charge >= 0.3 is 24.0 Å². The minimum atomic E-state index is -0.662. The van der Waals surface area contributed by atoms with Gasteiger partial charge in [0.2, 0.25) is 0 Å². The summed E-state index contributed by atoms with van der Waals surface area (Å²) in [6.45, 7) is 6.73. The van der Waals surface area contributed by atoms with E-state index in [0.29, 0.717) is 13.1 Å². The molecule has 23 heavy (non-hydrogen) atoms. The molecule has 0 bridgehead atoms. The molecular weight excluding hydrogens is 304 g/mol. The van der Waals surface area contributed by atoms with Gasteiger partial charge in [0.15, 0.2) is 0 Å². The molecule has 0 radical (unpaired) electrons. The highest BCUT2D eigenvalue weighted by Gasteiger charge is 2.26. The van der Waals surface area contributed by atoms with Crippen molar-refractivity contribution in [1.82, 2.24) is 15.5 Å². The highest BCUT2D eigenvalue weighted by Crippen LogP contribution is 2.19. The third-order valence-electron chi connectivity index (χ3n) is 3.26. The molecule has 0 saturated carbocycles. The molecule has 1 fully saturated rings. The van der Waals surface area contributed by atoms with E-state index in [0.717, 1.165) is 12.8 Å². The van der Waals surface area contributed by atoms with Gasteiger partial charge in [-0.15, -0.1) is 0 Å². The number of hydrogen-bond donors (Lipinski definition) is 1. The molecule has 9 nitrogen and oxygen atoms in total. The Morgan fingerprint density at radius 1 is 1.26 bits per heavy atom. The SMILES string of the molecule is COC(=O)c1nnc(N2CCC(NC(=O)OC(C)(C)C)CC2)o1. The summed E-state index contributed by atoms with van der Waals surface area (Å²) in [5.74, 6) is -0.832. The summed E-state index contributed by atoms with van der Waals surface area (Å²) in [4.78, 5) is 24.9. The lowest BCUT2D eigenvalue weighted by atomic mass is 10.1. The zero-order chi connectivity index (χ0) is 17.0. The van der Waals surface area contributed by atoms with Crippen molar-refractivity contribution in [3.63, 3.8) is 0 Å². The molecule has 0 atom stereocenters. The Morgan fingerprint density at radius 2 is 1.91 bits per heavy atom. The zero-order valence-electron chi connectivity index (χ0n) is 13.8. The largest absolute Gasteiger partial charge is 0.462 e. The van der Waals surface area contributed by atoms with E-state index in [1.807, 2.05) is 25.7 Å². The van der Waals surface area contributed by atoms with Crippen molar-refractivity contribution in [1.29, 1.82) is 0 Å². The molecule has 2 rings (SSSR count). The number of amides is 1. The van der Waals surface area contributed by atoms with Gasteiger partial charge in [-0.05, 0) is 33.6 Å². The van der Waals surface area contributed by atoms with Crippen LogP contribution in [0.1, 0.15) is 44.3 Å². The number of ether oxygens (including phenoxy) is 2. The summed E-state index contributed by atoms with van der Waals surface area (Å²) in [7, 11) is 1.25. The molecule has 1 aliphatic heterocycles. The van der Waals surface area contributed by atoms with E-state index in [2.05, 4.69) is 20.3 Å². The predicted octanol–water partition coefficient (Wildman–Crippen LogP) is 1.35. The van der Waals surface area contributed by atoms with Gasteiger partial charge in [0, 0.05) is 19.1 Å². The van der Waals surface area contributed by atoms with Gasteiger partial charge in [0.05, 0.1) is 7.11 Å². The fraction of sp³-hybridized carbons (Fsp3) is 0.714. The normalized spacial score (nSPS) is 16.1. The van der Waals surface area contributed by atoms with Crippen LogP contribution in [0.25, 0.3) is 0 Å². The number of carbonyl (C=O) groups is 2. The maximum atomic E-state index is 11.8. The number of nitrogens with one attached hydrogen (secondary N) is 1. The Balaban J connectivity index is 1.83. The van der Waals surface area contributed by atoms with Gasteiger partial charge in [0.1, 0.15) is 5.60 Å². The summed E-state index contributed by atoms with van der Waals surface area (Å²) in [5.41, 5.74) is -0.515. The van der Waals surface area contributed by atoms with Gasteiger partial charge in [-0.25, -0.2) is 9.59 Å². The second-order valence-electron chi connectivity index (χ2n) is 6.29.